The average molecular weight is 281 g/mol. The SMILES string of the molecule is COc1cccn2c(C3CCCCS3(=O)=O)nnc12. The van der Waals surface area contributed by atoms with E-state index < -0.39 is 15.1 Å². The maximum absolute atomic E-state index is 12.2. The summed E-state index contributed by atoms with van der Waals surface area (Å²) in [5.41, 5.74) is 0.556. The van der Waals surface area contributed by atoms with Crippen molar-refractivity contribution in [3.8, 4) is 5.75 Å². The van der Waals surface area contributed by atoms with Crippen molar-refractivity contribution in [2.24, 2.45) is 0 Å². The lowest BCUT2D eigenvalue weighted by Crippen LogP contribution is -2.23. The Morgan fingerprint density at radius 2 is 2.21 bits per heavy atom. The van der Waals surface area contributed by atoms with E-state index in [-0.39, 0.29) is 5.75 Å². The zero-order valence-electron chi connectivity index (χ0n) is 10.6. The first kappa shape index (κ1) is 12.4. The summed E-state index contributed by atoms with van der Waals surface area (Å²) >= 11 is 0. The smallest absolute Gasteiger partial charge is 0.203 e. The predicted octanol–water partition coefficient (Wildman–Crippen LogP) is 1.38. The van der Waals surface area contributed by atoms with E-state index in [9.17, 15) is 8.42 Å². The van der Waals surface area contributed by atoms with Crippen molar-refractivity contribution in [3.63, 3.8) is 0 Å². The van der Waals surface area contributed by atoms with Crippen molar-refractivity contribution in [1.29, 1.82) is 0 Å². The van der Waals surface area contributed by atoms with Crippen molar-refractivity contribution in [2.75, 3.05) is 12.9 Å². The predicted molar refractivity (Wildman–Crippen MR) is 69.9 cm³/mol. The van der Waals surface area contributed by atoms with Crippen LogP contribution in [0, 0.1) is 0 Å². The molecule has 0 N–H and O–H groups in total. The van der Waals surface area contributed by atoms with Gasteiger partial charge in [0.15, 0.2) is 21.4 Å². The van der Waals surface area contributed by atoms with Crippen LogP contribution in [0.1, 0.15) is 30.3 Å². The molecular formula is C12H15N3O3S. The third-order valence-electron chi connectivity index (χ3n) is 3.51. The molecule has 0 amide bonds. The average Bonchev–Trinajstić information content (AvgIpc) is 2.82. The van der Waals surface area contributed by atoms with Crippen LogP contribution in [0.25, 0.3) is 5.65 Å². The molecule has 0 radical (unpaired) electrons. The number of hydrogen-bond donors (Lipinski definition) is 0. The van der Waals surface area contributed by atoms with Gasteiger partial charge >= 0.3 is 0 Å². The quantitative estimate of drug-likeness (QED) is 0.831. The third kappa shape index (κ3) is 1.98. The Bertz CT molecular complexity index is 708. The van der Waals surface area contributed by atoms with Gasteiger partial charge in [0.2, 0.25) is 5.65 Å². The first-order chi connectivity index (χ1) is 9.13. The Labute approximate surface area is 111 Å². The lowest BCUT2D eigenvalue weighted by Gasteiger charge is -2.20. The molecule has 0 saturated carbocycles. The van der Waals surface area contributed by atoms with Crippen molar-refractivity contribution >= 4 is 15.5 Å². The Hall–Kier alpha value is -1.63. The summed E-state index contributed by atoms with van der Waals surface area (Å²) in [6.45, 7) is 0. The first-order valence-corrected chi connectivity index (χ1v) is 7.94. The second-order valence-corrected chi connectivity index (χ2v) is 6.98. The van der Waals surface area contributed by atoms with E-state index in [1.54, 1.807) is 29.8 Å². The minimum Gasteiger partial charge on any atom is -0.493 e. The summed E-state index contributed by atoms with van der Waals surface area (Å²) in [6.07, 6.45) is 4.03. The minimum absolute atomic E-state index is 0.233. The number of methoxy groups -OCH3 is 1. The largest absolute Gasteiger partial charge is 0.493 e. The summed E-state index contributed by atoms with van der Waals surface area (Å²) in [5.74, 6) is 1.32. The molecule has 1 unspecified atom stereocenters. The number of pyridine rings is 1. The molecule has 3 rings (SSSR count). The molecule has 1 aliphatic rings. The number of nitrogens with zero attached hydrogens (tertiary/aromatic N) is 3. The van der Waals surface area contributed by atoms with Crippen LogP contribution in [0.5, 0.6) is 5.75 Å². The highest BCUT2D eigenvalue weighted by atomic mass is 32.2. The van der Waals surface area contributed by atoms with Crippen LogP contribution in [0.4, 0.5) is 0 Å². The Morgan fingerprint density at radius 1 is 1.37 bits per heavy atom. The van der Waals surface area contributed by atoms with E-state index in [4.69, 9.17) is 4.74 Å². The van der Waals surface area contributed by atoms with E-state index in [1.165, 1.54) is 0 Å². The summed E-state index contributed by atoms with van der Waals surface area (Å²) in [7, 11) is -1.57. The Kier molecular flexibility index (Phi) is 2.93. The monoisotopic (exact) mass is 281 g/mol. The topological polar surface area (TPSA) is 73.6 Å². The molecular weight excluding hydrogens is 266 g/mol. The Balaban J connectivity index is 2.16. The number of ether oxygens (including phenoxy) is 1. The van der Waals surface area contributed by atoms with Gasteiger partial charge in [-0.05, 0) is 25.0 Å². The van der Waals surface area contributed by atoms with E-state index in [0.29, 0.717) is 23.6 Å². The molecule has 0 bridgehead atoms. The standard InChI is InChI=1S/C12H15N3O3S/c1-18-9-5-4-7-15-11(9)13-14-12(15)10-6-2-3-8-19(10,16)17/h4-5,7,10H,2-3,6,8H2,1H3. The van der Waals surface area contributed by atoms with Crippen LogP contribution >= 0.6 is 0 Å². The second kappa shape index (κ2) is 4.48. The summed E-state index contributed by atoms with van der Waals surface area (Å²) < 4.78 is 31.3. The highest BCUT2D eigenvalue weighted by Crippen LogP contribution is 2.33. The number of rotatable bonds is 2. The van der Waals surface area contributed by atoms with Gasteiger partial charge in [-0.3, -0.25) is 4.40 Å². The van der Waals surface area contributed by atoms with Gasteiger partial charge in [0, 0.05) is 6.20 Å². The highest BCUT2D eigenvalue weighted by Gasteiger charge is 2.34. The van der Waals surface area contributed by atoms with Crippen LogP contribution in [-0.4, -0.2) is 35.9 Å². The molecule has 1 aliphatic heterocycles. The molecule has 2 aromatic rings. The van der Waals surface area contributed by atoms with Gasteiger partial charge in [-0.25, -0.2) is 8.42 Å². The molecule has 2 aromatic heterocycles. The second-order valence-electron chi connectivity index (χ2n) is 4.68. The maximum atomic E-state index is 12.2. The lowest BCUT2D eigenvalue weighted by atomic mass is 10.2. The third-order valence-corrected chi connectivity index (χ3v) is 5.68. The summed E-state index contributed by atoms with van der Waals surface area (Å²) in [6, 6.07) is 3.58. The molecule has 1 fully saturated rings. The number of sulfone groups is 1. The van der Waals surface area contributed by atoms with E-state index >= 15 is 0 Å². The van der Waals surface area contributed by atoms with Crippen LogP contribution in [0.15, 0.2) is 18.3 Å². The van der Waals surface area contributed by atoms with Gasteiger partial charge < -0.3 is 4.74 Å². The number of fused-ring (bicyclic) bond motifs is 1. The van der Waals surface area contributed by atoms with Crippen molar-refractivity contribution < 1.29 is 13.2 Å². The van der Waals surface area contributed by atoms with E-state index in [0.717, 1.165) is 12.8 Å². The fraction of sp³-hybridized carbons (Fsp3) is 0.500. The first-order valence-electron chi connectivity index (χ1n) is 6.22. The van der Waals surface area contributed by atoms with Crippen LogP contribution in [0.3, 0.4) is 0 Å². The van der Waals surface area contributed by atoms with E-state index in [1.807, 2.05) is 0 Å². The molecule has 3 heterocycles. The van der Waals surface area contributed by atoms with Gasteiger partial charge in [-0.15, -0.1) is 10.2 Å². The van der Waals surface area contributed by atoms with Gasteiger partial charge in [0.1, 0.15) is 5.25 Å². The van der Waals surface area contributed by atoms with Gasteiger partial charge in [-0.1, -0.05) is 6.42 Å². The fourth-order valence-electron chi connectivity index (χ4n) is 2.53. The Morgan fingerprint density at radius 3 is 2.95 bits per heavy atom. The molecule has 0 aliphatic carbocycles. The molecule has 0 aromatic carbocycles. The zero-order chi connectivity index (χ0) is 13.5. The van der Waals surface area contributed by atoms with E-state index in [2.05, 4.69) is 10.2 Å². The van der Waals surface area contributed by atoms with Crippen LogP contribution < -0.4 is 4.74 Å². The number of hydrogen-bond acceptors (Lipinski definition) is 5. The van der Waals surface area contributed by atoms with Gasteiger partial charge in [0.25, 0.3) is 0 Å². The highest BCUT2D eigenvalue weighted by molar-refractivity contribution is 7.91. The molecule has 0 spiro atoms. The number of aromatic nitrogens is 3. The zero-order valence-corrected chi connectivity index (χ0v) is 11.4. The van der Waals surface area contributed by atoms with Crippen molar-refractivity contribution in [2.45, 2.75) is 24.5 Å². The lowest BCUT2D eigenvalue weighted by molar-refractivity contribution is 0.416. The van der Waals surface area contributed by atoms with Crippen molar-refractivity contribution in [1.82, 2.24) is 14.6 Å². The van der Waals surface area contributed by atoms with Gasteiger partial charge in [-0.2, -0.15) is 0 Å². The molecule has 102 valence electrons. The summed E-state index contributed by atoms with van der Waals surface area (Å²) in [5, 5.41) is 7.58. The van der Waals surface area contributed by atoms with Crippen LogP contribution in [0.2, 0.25) is 0 Å². The maximum Gasteiger partial charge on any atom is 0.203 e. The molecule has 19 heavy (non-hydrogen) atoms. The molecule has 7 heteroatoms. The van der Waals surface area contributed by atoms with Crippen LogP contribution in [-0.2, 0) is 9.84 Å². The molecule has 1 saturated heterocycles. The fourth-order valence-corrected chi connectivity index (χ4v) is 4.43. The van der Waals surface area contributed by atoms with Gasteiger partial charge in [0.05, 0.1) is 12.9 Å². The van der Waals surface area contributed by atoms with Crippen molar-refractivity contribution in [3.05, 3.63) is 24.2 Å². The summed E-state index contributed by atoms with van der Waals surface area (Å²) in [4.78, 5) is 0. The normalized spacial score (nSPS) is 22.5. The molecule has 6 nitrogen and oxygen atoms in total. The minimum atomic E-state index is -3.12. The molecule has 1 atom stereocenters.